The van der Waals surface area contributed by atoms with Gasteiger partial charge in [-0.2, -0.15) is 0 Å². The van der Waals surface area contributed by atoms with E-state index in [2.05, 4.69) is 27.2 Å². The van der Waals surface area contributed by atoms with Crippen molar-refractivity contribution >= 4 is 11.6 Å². The van der Waals surface area contributed by atoms with Crippen LogP contribution in [-0.2, 0) is 18.5 Å². The molecule has 3 heterocycles. The van der Waals surface area contributed by atoms with Crippen molar-refractivity contribution in [2.45, 2.75) is 37.8 Å². The van der Waals surface area contributed by atoms with E-state index >= 15 is 0 Å². The predicted molar refractivity (Wildman–Crippen MR) is 114 cm³/mol. The molecule has 5 nitrogen and oxygen atoms in total. The van der Waals surface area contributed by atoms with Crippen LogP contribution in [0.4, 0.5) is 4.39 Å². The van der Waals surface area contributed by atoms with E-state index in [0.29, 0.717) is 12.1 Å². The third kappa shape index (κ3) is 3.44. The van der Waals surface area contributed by atoms with Crippen molar-refractivity contribution < 1.29 is 4.39 Å². The van der Waals surface area contributed by atoms with Crippen molar-refractivity contribution in [2.75, 3.05) is 13.1 Å². The summed E-state index contributed by atoms with van der Waals surface area (Å²) < 4.78 is 15.0. The van der Waals surface area contributed by atoms with E-state index in [1.165, 1.54) is 17.7 Å². The van der Waals surface area contributed by atoms with Crippen LogP contribution < -0.4 is 5.56 Å². The largest absolute Gasteiger partial charge is 0.299 e. The number of benzene rings is 2. The Labute approximate surface area is 179 Å². The van der Waals surface area contributed by atoms with Gasteiger partial charge >= 0.3 is 0 Å². The lowest BCUT2D eigenvalue weighted by molar-refractivity contribution is 0.149. The molecule has 30 heavy (non-hydrogen) atoms. The summed E-state index contributed by atoms with van der Waals surface area (Å²) in [4.78, 5) is 15.5. The van der Waals surface area contributed by atoms with E-state index in [4.69, 9.17) is 11.6 Å². The first kappa shape index (κ1) is 19.4. The molecule has 154 valence electrons. The molecule has 3 aromatic rings. The lowest BCUT2D eigenvalue weighted by atomic mass is 9.76. The molecule has 2 aromatic carbocycles. The normalized spacial score (nSPS) is 17.9. The van der Waals surface area contributed by atoms with Gasteiger partial charge in [-0.15, -0.1) is 10.2 Å². The maximum atomic E-state index is 13.2. The van der Waals surface area contributed by atoms with Crippen LogP contribution >= 0.6 is 11.6 Å². The SMILES string of the molecule is O=c1c(-c2ccc(F)cc2)nnc2n1CCC21CCN(Cc2ccc(Cl)cc2)CC1. The van der Waals surface area contributed by atoms with Crippen LogP contribution in [0.1, 0.15) is 30.7 Å². The summed E-state index contributed by atoms with van der Waals surface area (Å²) in [5.74, 6) is 0.474. The summed E-state index contributed by atoms with van der Waals surface area (Å²) in [7, 11) is 0. The molecule has 0 bridgehead atoms. The van der Waals surface area contributed by atoms with Gasteiger partial charge in [0.2, 0.25) is 0 Å². The number of piperidine rings is 1. The third-order valence-corrected chi connectivity index (χ3v) is 6.74. The van der Waals surface area contributed by atoms with E-state index in [-0.39, 0.29) is 22.5 Å². The van der Waals surface area contributed by atoms with E-state index < -0.39 is 0 Å². The first-order valence-corrected chi connectivity index (χ1v) is 10.6. The number of fused-ring (bicyclic) bond motifs is 2. The van der Waals surface area contributed by atoms with Crippen LogP contribution in [0.5, 0.6) is 0 Å². The zero-order valence-electron chi connectivity index (χ0n) is 16.5. The molecule has 2 aliphatic rings. The summed E-state index contributed by atoms with van der Waals surface area (Å²) in [6.07, 6.45) is 2.84. The van der Waals surface area contributed by atoms with Crippen molar-refractivity contribution in [3.8, 4) is 11.3 Å². The molecule has 1 aromatic heterocycles. The van der Waals surface area contributed by atoms with Crippen molar-refractivity contribution in [3.63, 3.8) is 0 Å². The Hall–Kier alpha value is -2.57. The van der Waals surface area contributed by atoms with Gasteiger partial charge < -0.3 is 0 Å². The lowest BCUT2D eigenvalue weighted by Gasteiger charge is -2.38. The standard InChI is InChI=1S/C23H22ClFN4O/c24-18-5-1-16(2-6-18)15-28-12-9-23(10-13-28)11-14-29-21(30)20(26-27-22(23)29)17-3-7-19(25)8-4-17/h1-8H,9-15H2. The van der Waals surface area contributed by atoms with Crippen molar-refractivity contribution in [1.29, 1.82) is 0 Å². The van der Waals surface area contributed by atoms with Crippen molar-refractivity contribution in [3.05, 3.63) is 81.1 Å². The molecule has 0 unspecified atom stereocenters. The van der Waals surface area contributed by atoms with Crippen LogP contribution in [-0.4, -0.2) is 32.8 Å². The second-order valence-electron chi connectivity index (χ2n) is 8.27. The Kier molecular flexibility index (Phi) is 4.91. The molecule has 0 radical (unpaired) electrons. The number of likely N-dealkylation sites (tertiary alicyclic amines) is 1. The fourth-order valence-electron chi connectivity index (χ4n) is 4.71. The average Bonchev–Trinajstić information content (AvgIpc) is 3.12. The lowest BCUT2D eigenvalue weighted by Crippen LogP contribution is -2.42. The van der Waals surface area contributed by atoms with Crippen molar-refractivity contribution in [1.82, 2.24) is 19.7 Å². The molecule has 5 rings (SSSR count). The maximum absolute atomic E-state index is 13.2. The fraction of sp³-hybridized carbons (Fsp3) is 0.348. The minimum atomic E-state index is -0.336. The number of rotatable bonds is 3. The summed E-state index contributed by atoms with van der Waals surface area (Å²) in [5.41, 5.74) is 1.93. The molecular weight excluding hydrogens is 403 g/mol. The van der Waals surface area contributed by atoms with Gasteiger partial charge in [0.15, 0.2) is 5.69 Å². The van der Waals surface area contributed by atoms with Gasteiger partial charge in [-0.25, -0.2) is 4.39 Å². The highest BCUT2D eigenvalue weighted by molar-refractivity contribution is 6.30. The summed E-state index contributed by atoms with van der Waals surface area (Å²) >= 11 is 5.98. The zero-order chi connectivity index (χ0) is 20.7. The van der Waals surface area contributed by atoms with E-state index in [1.54, 1.807) is 16.7 Å². The van der Waals surface area contributed by atoms with Crippen LogP contribution in [0.15, 0.2) is 53.3 Å². The third-order valence-electron chi connectivity index (χ3n) is 6.49. The highest BCUT2D eigenvalue weighted by atomic mass is 35.5. The van der Waals surface area contributed by atoms with Gasteiger partial charge in [-0.3, -0.25) is 14.3 Å². The number of nitrogens with zero attached hydrogens (tertiary/aromatic N) is 4. The molecule has 7 heteroatoms. The summed E-state index contributed by atoms with van der Waals surface area (Å²) in [6, 6.07) is 13.8. The first-order valence-electron chi connectivity index (χ1n) is 10.2. The molecule has 0 atom stereocenters. The maximum Gasteiger partial charge on any atom is 0.280 e. The van der Waals surface area contributed by atoms with Crippen LogP contribution in [0.3, 0.4) is 0 Å². The predicted octanol–water partition coefficient (Wildman–Crippen LogP) is 4.04. The summed E-state index contributed by atoms with van der Waals surface area (Å²) in [5, 5.41) is 9.52. The minimum absolute atomic E-state index is 0.0794. The molecule has 0 amide bonds. The van der Waals surface area contributed by atoms with Gasteiger partial charge in [-0.05, 0) is 74.3 Å². The molecular formula is C23H22ClFN4O. The Bertz CT molecular complexity index is 1120. The molecule has 0 aliphatic carbocycles. The number of aromatic nitrogens is 3. The Morgan fingerprint density at radius 1 is 0.933 bits per heavy atom. The molecule has 1 saturated heterocycles. The van der Waals surface area contributed by atoms with Gasteiger partial charge in [0.05, 0.1) is 0 Å². The smallest absolute Gasteiger partial charge is 0.280 e. The average molecular weight is 425 g/mol. The van der Waals surface area contributed by atoms with E-state index in [0.717, 1.165) is 49.7 Å². The van der Waals surface area contributed by atoms with Gasteiger partial charge in [0.1, 0.15) is 11.6 Å². The van der Waals surface area contributed by atoms with Crippen LogP contribution in [0.25, 0.3) is 11.3 Å². The van der Waals surface area contributed by atoms with E-state index in [9.17, 15) is 9.18 Å². The zero-order valence-corrected chi connectivity index (χ0v) is 17.3. The Morgan fingerprint density at radius 2 is 1.60 bits per heavy atom. The molecule has 1 spiro atoms. The minimum Gasteiger partial charge on any atom is -0.299 e. The van der Waals surface area contributed by atoms with Crippen LogP contribution in [0, 0.1) is 5.82 Å². The second kappa shape index (κ2) is 7.60. The van der Waals surface area contributed by atoms with E-state index in [1.807, 2.05) is 12.1 Å². The first-order chi connectivity index (χ1) is 14.5. The highest BCUT2D eigenvalue weighted by Gasteiger charge is 2.44. The molecule has 1 fully saturated rings. The molecule has 0 saturated carbocycles. The highest BCUT2D eigenvalue weighted by Crippen LogP contribution is 2.41. The van der Waals surface area contributed by atoms with Gasteiger partial charge in [0.25, 0.3) is 5.56 Å². The molecule has 0 N–H and O–H groups in total. The topological polar surface area (TPSA) is 51.0 Å². The Morgan fingerprint density at radius 3 is 2.30 bits per heavy atom. The van der Waals surface area contributed by atoms with Gasteiger partial charge in [-0.1, -0.05) is 23.7 Å². The summed E-state index contributed by atoms with van der Waals surface area (Å²) in [6.45, 7) is 3.47. The second-order valence-corrected chi connectivity index (χ2v) is 8.71. The Balaban J connectivity index is 1.35. The van der Waals surface area contributed by atoms with Crippen molar-refractivity contribution in [2.24, 2.45) is 0 Å². The fourth-order valence-corrected chi connectivity index (χ4v) is 4.83. The van der Waals surface area contributed by atoms with Gasteiger partial charge in [0, 0.05) is 29.1 Å². The molecule has 2 aliphatic heterocycles. The number of hydrogen-bond acceptors (Lipinski definition) is 4. The monoisotopic (exact) mass is 424 g/mol. The van der Waals surface area contributed by atoms with Crippen LogP contribution in [0.2, 0.25) is 5.02 Å². The quantitative estimate of drug-likeness (QED) is 0.636. The number of hydrogen-bond donors (Lipinski definition) is 0. The number of halogens is 2.